The number of rotatable bonds is 6. The molecule has 0 unspecified atom stereocenters. The second-order valence-electron chi connectivity index (χ2n) is 6.98. The van der Waals surface area contributed by atoms with Gasteiger partial charge in [0.25, 0.3) is 0 Å². The van der Waals surface area contributed by atoms with Crippen LogP contribution in [-0.2, 0) is 11.0 Å². The first-order valence-corrected chi connectivity index (χ1v) is 11.6. The molecule has 1 nitrogen and oxygen atoms in total. The topological polar surface area (TPSA) is 17.1 Å². The molecule has 3 heteroatoms. The van der Waals surface area contributed by atoms with Gasteiger partial charge in [-0.3, -0.25) is 0 Å². The minimum Gasteiger partial charge on any atom is -1.00 e. The molecule has 0 bridgehead atoms. The third-order valence-electron chi connectivity index (χ3n) is 5.19. The summed E-state index contributed by atoms with van der Waals surface area (Å²) in [6.45, 7) is 0. The van der Waals surface area contributed by atoms with E-state index < -0.39 is 7.26 Å². The molecular weight excluding hydrogens is 451 g/mol. The summed E-state index contributed by atoms with van der Waals surface area (Å²) in [4.78, 5) is 10.9. The van der Waals surface area contributed by atoms with Crippen LogP contribution in [0.1, 0.15) is 11.1 Å². The van der Waals surface area contributed by atoms with E-state index in [0.717, 1.165) is 11.7 Å². The predicted octanol–water partition coefficient (Wildman–Crippen LogP) is 2.03. The Morgan fingerprint density at radius 1 is 0.633 bits per heavy atom. The van der Waals surface area contributed by atoms with E-state index in [1.807, 2.05) is 18.1 Å². The molecule has 0 heterocycles. The minimum absolute atomic E-state index is 0. The normalized spacial score (nSPS) is 10.5. The Morgan fingerprint density at radius 3 is 1.53 bits per heavy atom. The van der Waals surface area contributed by atoms with E-state index >= 15 is 0 Å². The molecular formula is C27H22BrOP. The van der Waals surface area contributed by atoms with Gasteiger partial charge in [0.05, 0.1) is 6.16 Å². The zero-order valence-electron chi connectivity index (χ0n) is 16.5. The first-order valence-electron chi connectivity index (χ1n) is 9.68. The molecule has 148 valence electrons. The van der Waals surface area contributed by atoms with Crippen molar-refractivity contribution >= 4 is 35.2 Å². The lowest BCUT2D eigenvalue weighted by molar-refractivity contribution is -0.00000664. The summed E-state index contributed by atoms with van der Waals surface area (Å²) in [7, 11) is -1.93. The van der Waals surface area contributed by atoms with Crippen molar-refractivity contribution in [3.8, 4) is 0 Å². The molecule has 4 aromatic carbocycles. The van der Waals surface area contributed by atoms with Crippen molar-refractivity contribution in [2.75, 3.05) is 0 Å². The fourth-order valence-corrected chi connectivity index (χ4v) is 8.12. The molecule has 0 amide bonds. The summed E-state index contributed by atoms with van der Waals surface area (Å²) in [5, 5.41) is 4.07. The molecule has 0 N–H and O–H groups in total. The lowest BCUT2D eigenvalue weighted by Crippen LogP contribution is -3.00. The molecule has 0 aromatic heterocycles. The largest absolute Gasteiger partial charge is 1.00 e. The fourth-order valence-electron chi connectivity index (χ4n) is 3.89. The van der Waals surface area contributed by atoms with E-state index in [9.17, 15) is 4.79 Å². The minimum atomic E-state index is -1.93. The number of carbonyl (C=O) groups excluding carboxylic acids is 1. The Kier molecular flexibility index (Phi) is 7.55. The van der Waals surface area contributed by atoms with Gasteiger partial charge in [-0.2, -0.15) is 0 Å². The van der Waals surface area contributed by atoms with Crippen LogP contribution in [0.4, 0.5) is 0 Å². The van der Waals surface area contributed by atoms with Crippen LogP contribution >= 0.6 is 7.26 Å². The number of hydrogen-bond acceptors (Lipinski definition) is 1. The summed E-state index contributed by atoms with van der Waals surface area (Å²) in [6, 6.07) is 40.7. The molecule has 0 aliphatic carbocycles. The maximum Gasteiger partial charge on any atom is 0.125 e. The van der Waals surface area contributed by atoms with Crippen LogP contribution in [0.3, 0.4) is 0 Å². The predicted molar refractivity (Wildman–Crippen MR) is 125 cm³/mol. The van der Waals surface area contributed by atoms with Gasteiger partial charge in [-0.15, -0.1) is 0 Å². The van der Waals surface area contributed by atoms with Gasteiger partial charge in [0, 0.05) is 6.08 Å². The summed E-state index contributed by atoms with van der Waals surface area (Å²) >= 11 is 0. The van der Waals surface area contributed by atoms with Crippen molar-refractivity contribution in [3.05, 3.63) is 126 Å². The third kappa shape index (κ3) is 4.53. The Labute approximate surface area is 189 Å². The van der Waals surface area contributed by atoms with Crippen LogP contribution in [-0.4, -0.2) is 5.94 Å². The molecule has 0 atom stereocenters. The van der Waals surface area contributed by atoms with E-state index in [1.54, 1.807) is 0 Å². The highest BCUT2D eigenvalue weighted by Crippen LogP contribution is 2.58. The van der Waals surface area contributed by atoms with Crippen molar-refractivity contribution in [3.63, 3.8) is 0 Å². The highest BCUT2D eigenvalue weighted by atomic mass is 79.9. The van der Waals surface area contributed by atoms with Gasteiger partial charge < -0.3 is 17.0 Å². The summed E-state index contributed by atoms with van der Waals surface area (Å²) in [5.41, 5.74) is 2.11. The van der Waals surface area contributed by atoms with Gasteiger partial charge in [0.1, 0.15) is 29.1 Å². The monoisotopic (exact) mass is 472 g/mol. The first-order chi connectivity index (χ1) is 14.3. The zero-order chi connectivity index (χ0) is 19.9. The Bertz CT molecular complexity index is 1020. The standard InChI is InChI=1S/C27H22OP.BrH/c28-20-19-23-11-10-12-24(21-23)22-29(25-13-4-1-5-14-25,26-15-6-2-7-16-26)27-17-8-3-9-18-27;/h1-19,21H,22H2;1H/q+1;/p-1. The molecule has 4 rings (SSSR count). The van der Waals surface area contributed by atoms with Crippen LogP contribution in [0.2, 0.25) is 0 Å². The maximum atomic E-state index is 10.9. The van der Waals surface area contributed by atoms with Gasteiger partial charge >= 0.3 is 0 Å². The van der Waals surface area contributed by atoms with Gasteiger partial charge in [-0.05, 0) is 53.6 Å². The number of hydrogen-bond donors (Lipinski definition) is 0. The Hall–Kier alpha value is -2.76. The molecule has 0 aliphatic heterocycles. The molecule has 4 aromatic rings. The molecule has 30 heavy (non-hydrogen) atoms. The van der Waals surface area contributed by atoms with Crippen LogP contribution < -0.4 is 32.9 Å². The first kappa shape index (κ1) is 21.9. The summed E-state index contributed by atoms with van der Waals surface area (Å²) < 4.78 is 0. The molecule has 0 saturated carbocycles. The summed E-state index contributed by atoms with van der Waals surface area (Å²) in [5.74, 6) is 1.90. The van der Waals surface area contributed by atoms with Crippen LogP contribution in [0.5, 0.6) is 0 Å². The Balaban J connectivity index is 0.00000256. The quantitative estimate of drug-likeness (QED) is 0.310. The van der Waals surface area contributed by atoms with Gasteiger partial charge in [0.2, 0.25) is 0 Å². The highest BCUT2D eigenvalue weighted by molar-refractivity contribution is 7.95. The van der Waals surface area contributed by atoms with Crippen LogP contribution in [0, 0.1) is 0 Å². The lowest BCUT2D eigenvalue weighted by atomic mass is 10.1. The van der Waals surface area contributed by atoms with E-state index in [2.05, 4.69) is 103 Å². The van der Waals surface area contributed by atoms with Crippen LogP contribution in [0.25, 0.3) is 6.08 Å². The molecule has 0 fully saturated rings. The van der Waals surface area contributed by atoms with E-state index in [-0.39, 0.29) is 17.0 Å². The van der Waals surface area contributed by atoms with Crippen molar-refractivity contribution in [1.29, 1.82) is 0 Å². The van der Waals surface area contributed by atoms with E-state index in [4.69, 9.17) is 0 Å². The van der Waals surface area contributed by atoms with E-state index in [0.29, 0.717) is 0 Å². The lowest BCUT2D eigenvalue weighted by Gasteiger charge is -2.28. The van der Waals surface area contributed by atoms with Crippen molar-refractivity contribution < 1.29 is 21.8 Å². The summed E-state index contributed by atoms with van der Waals surface area (Å²) in [6.07, 6.45) is 2.39. The highest BCUT2D eigenvalue weighted by Gasteiger charge is 2.45. The smallest absolute Gasteiger partial charge is 0.125 e. The van der Waals surface area contributed by atoms with Gasteiger partial charge in [0.15, 0.2) is 0 Å². The zero-order valence-corrected chi connectivity index (χ0v) is 19.0. The van der Waals surface area contributed by atoms with E-state index in [1.165, 1.54) is 27.6 Å². The average molecular weight is 473 g/mol. The van der Waals surface area contributed by atoms with Gasteiger partial charge in [-0.25, -0.2) is 4.79 Å². The third-order valence-corrected chi connectivity index (χ3v) is 9.57. The Morgan fingerprint density at radius 2 is 1.10 bits per heavy atom. The fraction of sp³-hybridized carbons (Fsp3) is 0.0370. The van der Waals surface area contributed by atoms with Crippen molar-refractivity contribution in [2.45, 2.75) is 6.16 Å². The van der Waals surface area contributed by atoms with Crippen LogP contribution in [0.15, 0.2) is 115 Å². The molecule has 0 saturated heterocycles. The molecule has 0 spiro atoms. The second kappa shape index (κ2) is 10.3. The van der Waals surface area contributed by atoms with Gasteiger partial charge in [-0.1, -0.05) is 72.8 Å². The van der Waals surface area contributed by atoms with Crippen molar-refractivity contribution in [1.82, 2.24) is 0 Å². The maximum absolute atomic E-state index is 10.9. The number of benzene rings is 4. The average Bonchev–Trinajstić information content (AvgIpc) is 2.80. The second-order valence-corrected chi connectivity index (χ2v) is 10.5. The SMILES string of the molecule is O=C=Cc1cccc(C[P+](c2ccccc2)(c2ccccc2)c2ccccc2)c1.[Br-]. The molecule has 0 aliphatic rings. The number of halogens is 1. The molecule has 0 radical (unpaired) electrons. The van der Waals surface area contributed by atoms with Crippen molar-refractivity contribution in [2.24, 2.45) is 0 Å².